The number of azide groups is 3. The number of rotatable bonds is 60. The van der Waals surface area contributed by atoms with E-state index in [2.05, 4.69) is 46.0 Å². The Morgan fingerprint density at radius 1 is 0.324 bits per heavy atom. The molecule has 0 aromatic heterocycles. The van der Waals surface area contributed by atoms with E-state index in [0.717, 1.165) is 0 Å². The molecule has 5 N–H and O–H groups in total. The van der Waals surface area contributed by atoms with Crippen molar-refractivity contribution in [1.82, 2.24) is 16.0 Å². The fraction of sp³-hybridized carbons (Fsp3) is 0.930. The largest absolute Gasteiger partial charge is 0.379 e. The van der Waals surface area contributed by atoms with E-state index >= 15 is 0 Å². The van der Waals surface area contributed by atoms with Crippen LogP contribution in [0.5, 0.6) is 0 Å². The number of nitrogens with two attached hydrogens (primary N) is 1. The Morgan fingerprint density at radius 3 is 0.743 bits per heavy atom. The number of amides is 3. The van der Waals surface area contributed by atoms with Crippen molar-refractivity contribution in [1.29, 1.82) is 0 Å². The molecule has 0 saturated heterocycles. The number of nitrogens with zero attached hydrogens (tertiary/aromatic N) is 9. The van der Waals surface area contributed by atoms with Crippen LogP contribution in [0.4, 0.5) is 0 Å². The summed E-state index contributed by atoms with van der Waals surface area (Å²) in [6.45, 7) is 10.7. The van der Waals surface area contributed by atoms with E-state index in [1.807, 2.05) is 0 Å². The molecule has 0 atom stereocenters. The second-order valence-corrected chi connectivity index (χ2v) is 15.0. The minimum Gasteiger partial charge on any atom is -0.379 e. The zero-order chi connectivity index (χ0) is 53.8. The Morgan fingerprint density at radius 2 is 0.527 bits per heavy atom. The summed E-state index contributed by atoms with van der Waals surface area (Å²) in [6, 6.07) is 0. The third-order valence-corrected chi connectivity index (χ3v) is 8.84. The van der Waals surface area contributed by atoms with Crippen molar-refractivity contribution in [3.05, 3.63) is 31.3 Å². The lowest BCUT2D eigenvalue weighted by Gasteiger charge is -2.29. The summed E-state index contributed by atoms with van der Waals surface area (Å²) in [5.74, 6) is -0.720. The summed E-state index contributed by atoms with van der Waals surface area (Å²) in [6.07, 6.45) is 0.201. The van der Waals surface area contributed by atoms with Gasteiger partial charge in [-0.2, -0.15) is 0 Å². The SMILES string of the molecule is [N-]=[N+]=NCCOCCOCCOCCOCCNC(=O)CCOCC(N)(COCCC(=O)NCCOCCOCCOCCOCCN=[N+]=[N-])COCCC(=O)NCCOCCOCCOCCOCCN=[N+]=[N-]. The van der Waals surface area contributed by atoms with Crippen molar-refractivity contribution in [2.45, 2.75) is 24.8 Å². The van der Waals surface area contributed by atoms with Crippen LogP contribution in [0, 0.1) is 0 Å². The van der Waals surface area contributed by atoms with Crippen molar-refractivity contribution >= 4 is 17.7 Å². The van der Waals surface area contributed by atoms with Gasteiger partial charge in [-0.25, -0.2) is 0 Å². The van der Waals surface area contributed by atoms with Crippen LogP contribution in [-0.4, -0.2) is 261 Å². The van der Waals surface area contributed by atoms with E-state index in [-0.39, 0.29) is 96.3 Å². The van der Waals surface area contributed by atoms with Crippen LogP contribution in [0.2, 0.25) is 0 Å². The van der Waals surface area contributed by atoms with Crippen LogP contribution in [0.3, 0.4) is 0 Å². The van der Waals surface area contributed by atoms with E-state index in [1.54, 1.807) is 0 Å². The molecule has 0 saturated carbocycles. The highest BCUT2D eigenvalue weighted by Crippen LogP contribution is 2.06. The molecule has 0 rings (SSSR count). The summed E-state index contributed by atoms with van der Waals surface area (Å²) in [5.41, 5.74) is 30.1. The van der Waals surface area contributed by atoms with E-state index in [0.29, 0.717) is 178 Å². The molecule has 428 valence electrons. The minimum atomic E-state index is -1.16. The van der Waals surface area contributed by atoms with Gasteiger partial charge in [0.2, 0.25) is 17.7 Å². The first-order valence-electron chi connectivity index (χ1n) is 24.6. The van der Waals surface area contributed by atoms with Crippen LogP contribution < -0.4 is 21.7 Å². The zero-order valence-electron chi connectivity index (χ0n) is 43.0. The van der Waals surface area contributed by atoms with Gasteiger partial charge in [-0.3, -0.25) is 14.4 Å². The van der Waals surface area contributed by atoms with Gasteiger partial charge in [-0.15, -0.1) is 0 Å². The monoisotopic (exact) mass is 1070 g/mol. The summed E-state index contributed by atoms with van der Waals surface area (Å²) in [5, 5.41) is 18.4. The second-order valence-electron chi connectivity index (χ2n) is 15.0. The molecule has 0 aromatic carbocycles. The van der Waals surface area contributed by atoms with Crippen LogP contribution in [0.15, 0.2) is 15.3 Å². The molecule has 0 aromatic rings. The summed E-state index contributed by atoms with van der Waals surface area (Å²) >= 11 is 0. The van der Waals surface area contributed by atoms with Crippen molar-refractivity contribution in [2.75, 3.05) is 237 Å². The summed E-state index contributed by atoms with van der Waals surface area (Å²) in [7, 11) is 0. The van der Waals surface area contributed by atoms with Crippen molar-refractivity contribution in [3.8, 4) is 0 Å². The molecule has 74 heavy (non-hydrogen) atoms. The lowest BCUT2D eigenvalue weighted by molar-refractivity contribution is -0.123. The van der Waals surface area contributed by atoms with E-state index in [1.165, 1.54) is 0 Å². The van der Waals surface area contributed by atoms with Gasteiger partial charge in [0, 0.05) is 73.3 Å². The molecule has 0 bridgehead atoms. The molecule has 31 heteroatoms. The average molecular weight is 1070 g/mol. The lowest BCUT2D eigenvalue weighted by Crippen LogP contribution is -2.53. The predicted octanol–water partition coefficient (Wildman–Crippen LogP) is 0.383. The fourth-order valence-electron chi connectivity index (χ4n) is 5.23. The topological polar surface area (TPSA) is 398 Å². The van der Waals surface area contributed by atoms with Gasteiger partial charge in [0.15, 0.2) is 0 Å². The molecule has 0 radical (unpaired) electrons. The Balaban J connectivity index is 4.37. The summed E-state index contributed by atoms with van der Waals surface area (Å²) in [4.78, 5) is 45.1. The highest BCUT2D eigenvalue weighted by molar-refractivity contribution is 5.76. The first-order valence-corrected chi connectivity index (χ1v) is 24.6. The Labute approximate surface area is 433 Å². The van der Waals surface area contributed by atoms with Crippen LogP contribution in [0.1, 0.15) is 19.3 Å². The highest BCUT2D eigenvalue weighted by atomic mass is 16.6. The quantitative estimate of drug-likeness (QED) is 0.0277. The predicted molar refractivity (Wildman–Crippen MR) is 264 cm³/mol. The van der Waals surface area contributed by atoms with E-state index in [9.17, 15) is 14.4 Å². The molecular weight excluding hydrogens is 987 g/mol. The maximum Gasteiger partial charge on any atom is 0.222 e. The number of nitrogens with one attached hydrogen (secondary N) is 3. The number of carbonyl (C=O) groups excluding carboxylic acids is 3. The first kappa shape index (κ1) is 69.7. The smallest absolute Gasteiger partial charge is 0.222 e. The molecule has 0 fully saturated rings. The Bertz CT molecular complexity index is 1300. The van der Waals surface area contributed by atoms with E-state index in [4.69, 9.17) is 93.4 Å². The average Bonchev–Trinajstić information content (AvgIpc) is 3.39. The van der Waals surface area contributed by atoms with Crippen molar-refractivity contribution < 1.29 is 85.4 Å². The van der Waals surface area contributed by atoms with Gasteiger partial charge in [0.25, 0.3) is 0 Å². The Hall–Kier alpha value is -4.30. The lowest BCUT2D eigenvalue weighted by atomic mass is 10.1. The maximum absolute atomic E-state index is 12.4. The van der Waals surface area contributed by atoms with Gasteiger partial charge in [-0.05, 0) is 16.6 Å². The van der Waals surface area contributed by atoms with E-state index < -0.39 is 5.54 Å². The number of hydrogen-bond acceptors (Lipinski definition) is 22. The zero-order valence-corrected chi connectivity index (χ0v) is 43.0. The highest BCUT2D eigenvalue weighted by Gasteiger charge is 2.27. The van der Waals surface area contributed by atoms with Crippen LogP contribution >= 0.6 is 0 Å². The third-order valence-electron chi connectivity index (χ3n) is 8.84. The molecule has 3 amide bonds. The van der Waals surface area contributed by atoms with Gasteiger partial charge in [0.05, 0.1) is 204 Å². The molecule has 0 aliphatic carbocycles. The Kier molecular flexibility index (Phi) is 54.6. The van der Waals surface area contributed by atoms with Gasteiger partial charge in [0.1, 0.15) is 0 Å². The van der Waals surface area contributed by atoms with Crippen molar-refractivity contribution in [2.24, 2.45) is 21.1 Å². The molecular formula is C43H83N13O18. The number of carbonyl (C=O) groups is 3. The molecule has 0 heterocycles. The molecule has 0 spiro atoms. The normalized spacial score (nSPS) is 11.8. The first-order chi connectivity index (χ1) is 36.4. The number of hydrogen-bond donors (Lipinski definition) is 4. The molecule has 0 unspecified atom stereocenters. The molecule has 0 aliphatic heterocycles. The molecule has 0 aliphatic rings. The standard InChI is InChI=1S/C43H83N13O18/c44-43(37-72-10-1-40(57)48-4-13-60-19-25-66-31-34-69-28-22-63-16-7-51-54-45,38-73-11-2-41(58)49-5-14-61-20-26-67-32-35-70-29-23-64-17-8-52-55-46)39-74-12-3-42(59)50-6-15-62-21-27-68-33-36-71-30-24-65-18-9-53-56-47/h1-39,44H2,(H,48,57)(H,49,58)(H,50,59). The second kappa shape index (κ2) is 58.0. The van der Waals surface area contributed by atoms with Crippen molar-refractivity contribution in [3.63, 3.8) is 0 Å². The van der Waals surface area contributed by atoms with Crippen LogP contribution in [-0.2, 0) is 85.4 Å². The van der Waals surface area contributed by atoms with Gasteiger partial charge in [-0.1, -0.05) is 15.3 Å². The minimum absolute atomic E-state index is 0.0337. The number of ether oxygens (including phenoxy) is 15. The summed E-state index contributed by atoms with van der Waals surface area (Å²) < 4.78 is 82.0. The van der Waals surface area contributed by atoms with Gasteiger partial charge >= 0.3 is 0 Å². The third kappa shape index (κ3) is 55.5. The molecule has 31 nitrogen and oxygen atoms in total. The maximum atomic E-state index is 12.4. The van der Waals surface area contributed by atoms with Crippen LogP contribution in [0.25, 0.3) is 31.3 Å². The van der Waals surface area contributed by atoms with Gasteiger partial charge < -0.3 is 92.7 Å². The fourth-order valence-corrected chi connectivity index (χ4v) is 5.23.